The molecule has 2 aromatic carbocycles. The smallest absolute Gasteiger partial charge is 0.251 e. The largest absolute Gasteiger partial charge is 0.494 e. The van der Waals surface area contributed by atoms with Crippen LogP contribution >= 0.6 is 0 Å². The third-order valence-electron chi connectivity index (χ3n) is 4.88. The summed E-state index contributed by atoms with van der Waals surface area (Å²) in [6.45, 7) is 6.90. The Kier molecular flexibility index (Phi) is 6.82. The molecule has 0 aliphatic carbocycles. The molecule has 0 bridgehead atoms. The first-order chi connectivity index (χ1) is 14.4. The minimum atomic E-state index is -0.636. The van der Waals surface area contributed by atoms with Crippen LogP contribution in [0.3, 0.4) is 0 Å². The molecule has 0 saturated heterocycles. The first kappa shape index (κ1) is 21.5. The van der Waals surface area contributed by atoms with Gasteiger partial charge < -0.3 is 24.4 Å². The molecule has 2 aromatic rings. The van der Waals surface area contributed by atoms with Crippen molar-refractivity contribution >= 4 is 11.8 Å². The van der Waals surface area contributed by atoms with Gasteiger partial charge in [0, 0.05) is 19.2 Å². The molecule has 0 aromatic heterocycles. The van der Waals surface area contributed by atoms with Gasteiger partial charge in [-0.1, -0.05) is 19.9 Å². The van der Waals surface area contributed by atoms with E-state index in [0.29, 0.717) is 36.0 Å². The molecule has 7 heteroatoms. The van der Waals surface area contributed by atoms with Gasteiger partial charge in [0.25, 0.3) is 5.91 Å². The topological polar surface area (TPSA) is 77.1 Å². The van der Waals surface area contributed by atoms with E-state index in [2.05, 4.69) is 5.32 Å². The fraction of sp³-hybridized carbons (Fsp3) is 0.391. The number of fused-ring (bicyclic) bond motifs is 1. The van der Waals surface area contributed by atoms with Crippen LogP contribution in [-0.2, 0) is 11.3 Å². The van der Waals surface area contributed by atoms with Gasteiger partial charge in [-0.3, -0.25) is 9.59 Å². The minimum Gasteiger partial charge on any atom is -0.494 e. The van der Waals surface area contributed by atoms with Gasteiger partial charge in [-0.2, -0.15) is 0 Å². The Morgan fingerprint density at radius 1 is 1.10 bits per heavy atom. The predicted octanol–water partition coefficient (Wildman–Crippen LogP) is 3.23. The highest BCUT2D eigenvalue weighted by Crippen LogP contribution is 2.32. The van der Waals surface area contributed by atoms with Gasteiger partial charge in [0.1, 0.15) is 11.8 Å². The van der Waals surface area contributed by atoms with Gasteiger partial charge in [-0.25, -0.2) is 0 Å². The average Bonchev–Trinajstić information content (AvgIpc) is 3.19. The second-order valence-corrected chi connectivity index (χ2v) is 7.53. The number of carbonyl (C=O) groups is 2. The minimum absolute atomic E-state index is 0.0663. The van der Waals surface area contributed by atoms with E-state index in [-0.39, 0.29) is 24.5 Å². The molecule has 0 spiro atoms. The van der Waals surface area contributed by atoms with Gasteiger partial charge in [0.15, 0.2) is 11.5 Å². The molecule has 0 unspecified atom stereocenters. The molecule has 0 radical (unpaired) electrons. The van der Waals surface area contributed by atoms with E-state index in [1.54, 1.807) is 36.2 Å². The Hall–Kier alpha value is -3.22. The first-order valence-corrected chi connectivity index (χ1v) is 10.1. The lowest BCUT2D eigenvalue weighted by molar-refractivity contribution is -0.133. The first-order valence-electron chi connectivity index (χ1n) is 10.1. The van der Waals surface area contributed by atoms with Crippen LogP contribution in [0.5, 0.6) is 17.2 Å². The van der Waals surface area contributed by atoms with Gasteiger partial charge in [-0.05, 0) is 54.8 Å². The second-order valence-electron chi connectivity index (χ2n) is 7.53. The summed E-state index contributed by atoms with van der Waals surface area (Å²) in [5.41, 5.74) is 1.41. The highest BCUT2D eigenvalue weighted by molar-refractivity contribution is 5.97. The Bertz CT molecular complexity index is 895. The maximum Gasteiger partial charge on any atom is 0.251 e. The van der Waals surface area contributed by atoms with Gasteiger partial charge in [0.2, 0.25) is 12.7 Å². The number of nitrogens with zero attached hydrogens (tertiary/aromatic N) is 1. The standard InChI is InChI=1S/C23H28N2O5/c1-5-28-18-9-7-17(8-10-18)22(26)24-21(15(2)3)23(27)25(4)13-16-6-11-19-20(12-16)30-14-29-19/h6-12,15,21H,5,13-14H2,1-4H3,(H,24,26)/t21-/m0/s1. The highest BCUT2D eigenvalue weighted by atomic mass is 16.7. The third-order valence-corrected chi connectivity index (χ3v) is 4.88. The van der Waals surface area contributed by atoms with E-state index >= 15 is 0 Å². The number of amides is 2. The van der Waals surface area contributed by atoms with E-state index < -0.39 is 6.04 Å². The summed E-state index contributed by atoms with van der Waals surface area (Å²) in [5.74, 6) is 1.58. The summed E-state index contributed by atoms with van der Waals surface area (Å²) in [7, 11) is 1.73. The van der Waals surface area contributed by atoms with Crippen LogP contribution in [0.2, 0.25) is 0 Å². The number of hydrogen-bond acceptors (Lipinski definition) is 5. The zero-order valence-electron chi connectivity index (χ0n) is 17.8. The lowest BCUT2D eigenvalue weighted by Gasteiger charge is -2.27. The van der Waals surface area contributed by atoms with Crippen molar-refractivity contribution in [2.75, 3.05) is 20.4 Å². The maximum atomic E-state index is 13.1. The number of carbonyl (C=O) groups excluding carboxylic acids is 2. The van der Waals surface area contributed by atoms with Gasteiger partial charge >= 0.3 is 0 Å². The van der Waals surface area contributed by atoms with Crippen molar-refractivity contribution in [2.45, 2.75) is 33.4 Å². The van der Waals surface area contributed by atoms with Crippen LogP contribution in [0.25, 0.3) is 0 Å². The molecule has 1 atom stereocenters. The molecule has 7 nitrogen and oxygen atoms in total. The predicted molar refractivity (Wildman–Crippen MR) is 113 cm³/mol. The molecular formula is C23H28N2O5. The van der Waals surface area contributed by atoms with Crippen LogP contribution < -0.4 is 19.5 Å². The van der Waals surface area contributed by atoms with Crippen LogP contribution in [0, 0.1) is 5.92 Å². The summed E-state index contributed by atoms with van der Waals surface area (Å²) in [6.07, 6.45) is 0. The summed E-state index contributed by atoms with van der Waals surface area (Å²) < 4.78 is 16.1. The number of ether oxygens (including phenoxy) is 3. The molecule has 0 saturated carbocycles. The lowest BCUT2D eigenvalue weighted by Crippen LogP contribution is -2.50. The van der Waals surface area contributed by atoms with Crippen LogP contribution in [0.1, 0.15) is 36.7 Å². The Morgan fingerprint density at radius 3 is 2.47 bits per heavy atom. The number of likely N-dealkylation sites (N-methyl/N-ethyl adjacent to an activating group) is 1. The average molecular weight is 412 g/mol. The third kappa shape index (κ3) is 5.03. The van der Waals surface area contributed by atoms with Crippen molar-refractivity contribution in [1.29, 1.82) is 0 Å². The SMILES string of the molecule is CCOc1ccc(C(=O)N[C@H](C(=O)N(C)Cc2ccc3c(c2)OCO3)C(C)C)cc1. The molecule has 3 rings (SSSR count). The number of hydrogen-bond donors (Lipinski definition) is 1. The molecular weight excluding hydrogens is 384 g/mol. The molecule has 1 aliphatic heterocycles. The number of benzene rings is 2. The highest BCUT2D eigenvalue weighted by Gasteiger charge is 2.27. The van der Waals surface area contributed by atoms with Gasteiger partial charge in [0.05, 0.1) is 6.61 Å². The molecule has 30 heavy (non-hydrogen) atoms. The van der Waals surface area contributed by atoms with Crippen molar-refractivity contribution < 1.29 is 23.8 Å². The monoisotopic (exact) mass is 412 g/mol. The molecule has 1 heterocycles. The zero-order valence-corrected chi connectivity index (χ0v) is 17.8. The van der Waals surface area contributed by atoms with Crippen LogP contribution in [-0.4, -0.2) is 43.2 Å². The normalized spacial score (nSPS) is 13.1. The van der Waals surface area contributed by atoms with Crippen molar-refractivity contribution in [3.05, 3.63) is 53.6 Å². The molecule has 160 valence electrons. The van der Waals surface area contributed by atoms with Crippen molar-refractivity contribution in [3.63, 3.8) is 0 Å². The zero-order chi connectivity index (χ0) is 21.7. The van der Waals surface area contributed by atoms with Crippen LogP contribution in [0.15, 0.2) is 42.5 Å². The fourth-order valence-electron chi connectivity index (χ4n) is 3.24. The van der Waals surface area contributed by atoms with Crippen molar-refractivity contribution in [3.8, 4) is 17.2 Å². The van der Waals surface area contributed by atoms with E-state index in [9.17, 15) is 9.59 Å². The lowest BCUT2D eigenvalue weighted by atomic mass is 10.0. The summed E-state index contributed by atoms with van der Waals surface area (Å²) in [5, 5.41) is 2.88. The Labute approximate surface area is 176 Å². The maximum absolute atomic E-state index is 13.1. The van der Waals surface area contributed by atoms with Crippen molar-refractivity contribution in [1.82, 2.24) is 10.2 Å². The quantitative estimate of drug-likeness (QED) is 0.720. The number of rotatable bonds is 8. The Balaban J connectivity index is 1.65. The Morgan fingerprint density at radius 2 is 1.80 bits per heavy atom. The summed E-state index contributed by atoms with van der Waals surface area (Å²) in [4.78, 5) is 27.4. The van der Waals surface area contributed by atoms with Gasteiger partial charge in [-0.15, -0.1) is 0 Å². The van der Waals surface area contributed by atoms with E-state index in [4.69, 9.17) is 14.2 Å². The fourth-order valence-corrected chi connectivity index (χ4v) is 3.24. The summed E-state index contributed by atoms with van der Waals surface area (Å²) >= 11 is 0. The van der Waals surface area contributed by atoms with Crippen molar-refractivity contribution in [2.24, 2.45) is 5.92 Å². The molecule has 1 N–H and O–H groups in total. The molecule has 0 fully saturated rings. The van der Waals surface area contributed by atoms with E-state index in [1.165, 1.54) is 0 Å². The molecule has 2 amide bonds. The number of nitrogens with one attached hydrogen (secondary N) is 1. The van der Waals surface area contributed by atoms with Crippen LogP contribution in [0.4, 0.5) is 0 Å². The molecule has 1 aliphatic rings. The van der Waals surface area contributed by atoms with E-state index in [0.717, 1.165) is 5.56 Å². The van der Waals surface area contributed by atoms with E-state index in [1.807, 2.05) is 39.0 Å². The second kappa shape index (κ2) is 9.52. The summed E-state index contributed by atoms with van der Waals surface area (Å²) in [6, 6.07) is 11.9.